The van der Waals surface area contributed by atoms with Crippen molar-refractivity contribution < 1.29 is 0 Å². The average molecular weight is 327 g/mol. The summed E-state index contributed by atoms with van der Waals surface area (Å²) in [5.41, 5.74) is 0. The molecule has 1 heterocycles. The molecule has 0 saturated carbocycles. The standard InChI is InChI=1S/C17H38N6/c1-14(2)23(15(3)4)9-8-19-17(18-5)20-12-16-13-21(6)10-11-22(16)7/h14-16H,8-13H2,1-7H3,(H2,18,19,20). The monoisotopic (exact) mass is 326 g/mol. The predicted molar refractivity (Wildman–Crippen MR) is 100 cm³/mol. The Morgan fingerprint density at radius 1 is 1.13 bits per heavy atom. The molecular formula is C17H38N6. The lowest BCUT2D eigenvalue weighted by Crippen LogP contribution is -2.55. The molecule has 1 fully saturated rings. The van der Waals surface area contributed by atoms with Crippen LogP contribution in [-0.4, -0.2) is 99.2 Å². The van der Waals surface area contributed by atoms with Gasteiger partial charge in [-0.15, -0.1) is 0 Å². The Morgan fingerprint density at radius 2 is 1.78 bits per heavy atom. The molecule has 1 saturated heterocycles. The Bertz CT molecular complexity index is 347. The molecule has 0 radical (unpaired) electrons. The number of guanidine groups is 1. The van der Waals surface area contributed by atoms with Crippen LogP contribution in [0.4, 0.5) is 0 Å². The first-order valence-corrected chi connectivity index (χ1v) is 8.94. The molecule has 1 unspecified atom stereocenters. The van der Waals surface area contributed by atoms with Crippen LogP contribution in [0.15, 0.2) is 4.99 Å². The summed E-state index contributed by atoms with van der Waals surface area (Å²) in [7, 11) is 6.24. The maximum atomic E-state index is 4.35. The normalized spacial score (nSPS) is 21.5. The van der Waals surface area contributed by atoms with Gasteiger partial charge in [0.2, 0.25) is 0 Å². The highest BCUT2D eigenvalue weighted by atomic mass is 15.3. The van der Waals surface area contributed by atoms with Crippen LogP contribution in [0.25, 0.3) is 0 Å². The highest BCUT2D eigenvalue weighted by Gasteiger charge is 2.22. The van der Waals surface area contributed by atoms with Crippen LogP contribution in [0.1, 0.15) is 27.7 Å². The summed E-state index contributed by atoms with van der Waals surface area (Å²) in [4.78, 5) is 11.7. The average Bonchev–Trinajstić information content (AvgIpc) is 2.48. The molecule has 0 aromatic heterocycles. The fourth-order valence-electron chi connectivity index (χ4n) is 3.17. The zero-order valence-corrected chi connectivity index (χ0v) is 16.3. The van der Waals surface area contributed by atoms with Gasteiger partial charge >= 0.3 is 0 Å². The van der Waals surface area contributed by atoms with Gasteiger partial charge in [0.15, 0.2) is 5.96 Å². The fourth-order valence-corrected chi connectivity index (χ4v) is 3.17. The summed E-state index contributed by atoms with van der Waals surface area (Å²) in [6.07, 6.45) is 0. The van der Waals surface area contributed by atoms with E-state index in [1.807, 2.05) is 7.05 Å². The van der Waals surface area contributed by atoms with E-state index < -0.39 is 0 Å². The Labute approximate surface area is 143 Å². The predicted octanol–water partition coefficient (Wildman–Crippen LogP) is 0.516. The first kappa shape index (κ1) is 20.2. The Kier molecular flexibility index (Phi) is 8.87. The van der Waals surface area contributed by atoms with Crippen molar-refractivity contribution in [2.75, 3.05) is 60.4 Å². The van der Waals surface area contributed by atoms with E-state index in [-0.39, 0.29) is 0 Å². The van der Waals surface area contributed by atoms with Crippen LogP contribution >= 0.6 is 0 Å². The fraction of sp³-hybridized carbons (Fsp3) is 0.941. The number of nitrogens with one attached hydrogen (secondary N) is 2. The van der Waals surface area contributed by atoms with Gasteiger partial charge in [0.25, 0.3) is 0 Å². The second-order valence-corrected chi connectivity index (χ2v) is 7.20. The summed E-state index contributed by atoms with van der Waals surface area (Å²) in [5.74, 6) is 0.902. The summed E-state index contributed by atoms with van der Waals surface area (Å²) < 4.78 is 0. The smallest absolute Gasteiger partial charge is 0.191 e. The molecule has 0 amide bonds. The minimum absolute atomic E-state index is 0.537. The van der Waals surface area contributed by atoms with Crippen molar-refractivity contribution in [3.8, 4) is 0 Å². The molecule has 0 aromatic carbocycles. The number of rotatable bonds is 7. The lowest BCUT2D eigenvalue weighted by molar-refractivity contribution is 0.116. The van der Waals surface area contributed by atoms with Crippen molar-refractivity contribution in [3.05, 3.63) is 0 Å². The van der Waals surface area contributed by atoms with E-state index in [0.29, 0.717) is 18.1 Å². The number of piperazine rings is 1. The van der Waals surface area contributed by atoms with E-state index in [1.54, 1.807) is 0 Å². The van der Waals surface area contributed by atoms with Crippen LogP contribution in [0, 0.1) is 0 Å². The third-order valence-electron chi connectivity index (χ3n) is 4.70. The second kappa shape index (κ2) is 10.1. The van der Waals surface area contributed by atoms with Gasteiger partial charge in [-0.2, -0.15) is 0 Å². The van der Waals surface area contributed by atoms with Crippen LogP contribution < -0.4 is 10.6 Å². The van der Waals surface area contributed by atoms with E-state index in [0.717, 1.165) is 45.2 Å². The molecule has 2 N–H and O–H groups in total. The Morgan fingerprint density at radius 3 is 2.35 bits per heavy atom. The first-order valence-electron chi connectivity index (χ1n) is 8.94. The highest BCUT2D eigenvalue weighted by Crippen LogP contribution is 2.05. The van der Waals surface area contributed by atoms with Gasteiger partial charge in [0.1, 0.15) is 0 Å². The zero-order chi connectivity index (χ0) is 17.4. The van der Waals surface area contributed by atoms with Crippen molar-refractivity contribution in [2.24, 2.45) is 4.99 Å². The second-order valence-electron chi connectivity index (χ2n) is 7.20. The molecule has 136 valence electrons. The minimum Gasteiger partial charge on any atom is -0.355 e. The molecule has 0 bridgehead atoms. The van der Waals surface area contributed by atoms with Gasteiger partial charge in [-0.3, -0.25) is 14.8 Å². The third-order valence-corrected chi connectivity index (χ3v) is 4.70. The van der Waals surface area contributed by atoms with Crippen LogP contribution in [-0.2, 0) is 0 Å². The minimum atomic E-state index is 0.537. The van der Waals surface area contributed by atoms with Crippen LogP contribution in [0.2, 0.25) is 0 Å². The molecule has 23 heavy (non-hydrogen) atoms. The first-order chi connectivity index (χ1) is 10.8. The molecule has 0 spiro atoms. The van der Waals surface area contributed by atoms with Gasteiger partial charge in [0.05, 0.1) is 0 Å². The molecule has 1 atom stereocenters. The number of likely N-dealkylation sites (N-methyl/N-ethyl adjacent to an activating group) is 2. The van der Waals surface area contributed by atoms with Gasteiger partial charge in [-0.1, -0.05) is 0 Å². The molecule has 1 aliphatic rings. The lowest BCUT2D eigenvalue weighted by atomic mass is 10.2. The van der Waals surface area contributed by atoms with Crippen molar-refractivity contribution in [1.82, 2.24) is 25.3 Å². The van der Waals surface area contributed by atoms with E-state index in [1.165, 1.54) is 0 Å². The highest BCUT2D eigenvalue weighted by molar-refractivity contribution is 5.79. The van der Waals surface area contributed by atoms with Crippen LogP contribution in [0.5, 0.6) is 0 Å². The Hall–Kier alpha value is -0.850. The Balaban J connectivity index is 2.34. The number of hydrogen-bond acceptors (Lipinski definition) is 4. The maximum Gasteiger partial charge on any atom is 0.191 e. The zero-order valence-electron chi connectivity index (χ0n) is 16.3. The number of nitrogens with zero attached hydrogens (tertiary/aromatic N) is 4. The van der Waals surface area contributed by atoms with E-state index >= 15 is 0 Å². The van der Waals surface area contributed by atoms with Gasteiger partial charge in [-0.25, -0.2) is 0 Å². The van der Waals surface area contributed by atoms with Gasteiger partial charge in [0, 0.05) is 64.4 Å². The van der Waals surface area contributed by atoms with Crippen molar-refractivity contribution in [2.45, 2.75) is 45.8 Å². The van der Waals surface area contributed by atoms with Crippen molar-refractivity contribution in [3.63, 3.8) is 0 Å². The summed E-state index contributed by atoms with van der Waals surface area (Å²) in [6, 6.07) is 1.67. The van der Waals surface area contributed by atoms with Gasteiger partial charge in [-0.05, 0) is 41.8 Å². The molecule has 1 aliphatic heterocycles. The van der Waals surface area contributed by atoms with Crippen molar-refractivity contribution in [1.29, 1.82) is 0 Å². The van der Waals surface area contributed by atoms with E-state index in [9.17, 15) is 0 Å². The summed E-state index contributed by atoms with van der Waals surface area (Å²) in [5, 5.41) is 6.91. The summed E-state index contributed by atoms with van der Waals surface area (Å²) >= 11 is 0. The molecular weight excluding hydrogens is 288 g/mol. The molecule has 6 heteroatoms. The third kappa shape index (κ3) is 7.06. The number of aliphatic imine (C=N–C) groups is 1. The lowest BCUT2D eigenvalue weighted by Gasteiger charge is -2.38. The number of hydrogen-bond donors (Lipinski definition) is 2. The van der Waals surface area contributed by atoms with Crippen molar-refractivity contribution >= 4 is 5.96 Å². The van der Waals surface area contributed by atoms with E-state index in [4.69, 9.17) is 0 Å². The maximum absolute atomic E-state index is 4.35. The van der Waals surface area contributed by atoms with Crippen LogP contribution in [0.3, 0.4) is 0 Å². The quantitative estimate of drug-likeness (QED) is 0.527. The largest absolute Gasteiger partial charge is 0.355 e. The molecule has 6 nitrogen and oxygen atoms in total. The topological polar surface area (TPSA) is 46.1 Å². The SMILES string of the molecule is CN=C(NCCN(C(C)C)C(C)C)NCC1CN(C)CCN1C. The van der Waals surface area contributed by atoms with E-state index in [2.05, 4.69) is 72.1 Å². The summed E-state index contributed by atoms with van der Waals surface area (Å²) in [6.45, 7) is 15.3. The molecule has 0 aromatic rings. The molecule has 0 aliphatic carbocycles. The molecule has 1 rings (SSSR count). The van der Waals surface area contributed by atoms with Gasteiger partial charge < -0.3 is 15.5 Å².